The Morgan fingerprint density at radius 2 is 1.94 bits per heavy atom. The first kappa shape index (κ1) is 11.1. The lowest BCUT2D eigenvalue weighted by Gasteiger charge is -2.05. The summed E-state index contributed by atoms with van der Waals surface area (Å²) in [7, 11) is 0. The van der Waals surface area contributed by atoms with Crippen LogP contribution < -0.4 is 5.69 Å². The van der Waals surface area contributed by atoms with E-state index in [-0.39, 0.29) is 11.4 Å². The normalized spacial score (nSPS) is 10.9. The third-order valence-electron chi connectivity index (χ3n) is 2.76. The lowest BCUT2D eigenvalue weighted by molar-refractivity contribution is 0.476. The van der Waals surface area contributed by atoms with E-state index in [0.29, 0.717) is 11.0 Å². The minimum atomic E-state index is -0.234. The van der Waals surface area contributed by atoms with Crippen molar-refractivity contribution in [3.8, 4) is 11.4 Å². The molecule has 2 N–H and O–H groups in total. The van der Waals surface area contributed by atoms with E-state index in [1.807, 2.05) is 24.3 Å². The number of aromatic nitrogens is 2. The van der Waals surface area contributed by atoms with Gasteiger partial charge < -0.3 is 10.1 Å². The van der Waals surface area contributed by atoms with Gasteiger partial charge in [-0.3, -0.25) is 4.57 Å². The second-order valence-electron chi connectivity index (χ2n) is 3.92. The molecule has 0 saturated carbocycles. The number of hydrogen-bond acceptors (Lipinski definition) is 2. The number of rotatable bonds is 1. The average Bonchev–Trinajstić information content (AvgIpc) is 2.66. The molecule has 0 unspecified atom stereocenters. The third-order valence-corrected chi connectivity index (χ3v) is 3.43. The van der Waals surface area contributed by atoms with Crippen molar-refractivity contribution in [2.45, 2.75) is 0 Å². The van der Waals surface area contributed by atoms with Gasteiger partial charge in [0.05, 0.1) is 16.7 Å². The Kier molecular flexibility index (Phi) is 2.48. The van der Waals surface area contributed by atoms with Crippen molar-refractivity contribution in [2.75, 3.05) is 0 Å². The van der Waals surface area contributed by atoms with E-state index in [1.54, 1.807) is 18.2 Å². The molecule has 18 heavy (non-hydrogen) atoms. The highest BCUT2D eigenvalue weighted by Crippen LogP contribution is 2.24. The van der Waals surface area contributed by atoms with Crippen LogP contribution in [0.3, 0.4) is 0 Å². The van der Waals surface area contributed by atoms with Gasteiger partial charge in [-0.1, -0.05) is 12.1 Å². The molecule has 0 amide bonds. The zero-order chi connectivity index (χ0) is 12.7. The van der Waals surface area contributed by atoms with Crippen LogP contribution in [0, 0.1) is 0 Å². The lowest BCUT2D eigenvalue weighted by Crippen LogP contribution is -2.14. The molecule has 0 aliphatic carbocycles. The van der Waals surface area contributed by atoms with Crippen molar-refractivity contribution >= 4 is 27.0 Å². The largest absolute Gasteiger partial charge is 0.508 e. The van der Waals surface area contributed by atoms with Gasteiger partial charge in [-0.15, -0.1) is 0 Å². The molecular weight excluding hydrogens is 296 g/mol. The predicted molar refractivity (Wildman–Crippen MR) is 73.3 cm³/mol. The number of halogens is 1. The maximum absolute atomic E-state index is 12.0. The van der Waals surface area contributed by atoms with Gasteiger partial charge in [0.25, 0.3) is 0 Å². The number of benzene rings is 2. The van der Waals surface area contributed by atoms with Gasteiger partial charge >= 0.3 is 5.69 Å². The Bertz CT molecular complexity index is 789. The number of imidazole rings is 1. The summed E-state index contributed by atoms with van der Waals surface area (Å²) in [6.07, 6.45) is 0. The smallest absolute Gasteiger partial charge is 0.331 e. The highest BCUT2D eigenvalue weighted by atomic mass is 79.9. The van der Waals surface area contributed by atoms with E-state index >= 15 is 0 Å². The highest BCUT2D eigenvalue weighted by molar-refractivity contribution is 9.10. The minimum Gasteiger partial charge on any atom is -0.508 e. The number of phenolic OH excluding ortho intramolecular Hbond substituents is 1. The van der Waals surface area contributed by atoms with Crippen LogP contribution in [0.4, 0.5) is 0 Å². The molecule has 0 bridgehead atoms. The molecule has 0 aliphatic rings. The molecule has 0 radical (unpaired) electrons. The standard InChI is InChI=1S/C13H9BrN2O2/c14-9-3-1-2-4-11(9)16-12-7-8(17)5-6-10(12)15-13(16)18/h1-7,17H,(H,15,18). The van der Waals surface area contributed by atoms with E-state index < -0.39 is 0 Å². The number of aromatic hydroxyl groups is 1. The zero-order valence-corrected chi connectivity index (χ0v) is 10.8. The fraction of sp³-hybridized carbons (Fsp3) is 0. The first-order valence-electron chi connectivity index (χ1n) is 5.35. The van der Waals surface area contributed by atoms with Gasteiger partial charge in [0, 0.05) is 10.5 Å². The van der Waals surface area contributed by atoms with E-state index in [4.69, 9.17) is 0 Å². The molecule has 0 fully saturated rings. The van der Waals surface area contributed by atoms with Gasteiger partial charge in [-0.2, -0.15) is 0 Å². The number of aromatic amines is 1. The fourth-order valence-corrected chi connectivity index (χ4v) is 2.43. The van der Waals surface area contributed by atoms with Crippen LogP contribution in [0.5, 0.6) is 5.75 Å². The van der Waals surface area contributed by atoms with Crippen molar-refractivity contribution in [1.82, 2.24) is 9.55 Å². The maximum atomic E-state index is 12.0. The summed E-state index contributed by atoms with van der Waals surface area (Å²) in [5, 5.41) is 9.54. The van der Waals surface area contributed by atoms with Crippen molar-refractivity contribution in [3.63, 3.8) is 0 Å². The number of para-hydroxylation sites is 1. The summed E-state index contributed by atoms with van der Waals surface area (Å²) >= 11 is 3.42. The number of fused-ring (bicyclic) bond motifs is 1. The van der Waals surface area contributed by atoms with Crippen LogP contribution in [0.1, 0.15) is 0 Å². The Morgan fingerprint density at radius 3 is 2.72 bits per heavy atom. The molecule has 1 heterocycles. The van der Waals surface area contributed by atoms with Gasteiger partial charge in [0.15, 0.2) is 0 Å². The van der Waals surface area contributed by atoms with E-state index in [9.17, 15) is 9.90 Å². The number of nitrogens with one attached hydrogen (secondary N) is 1. The molecule has 90 valence electrons. The minimum absolute atomic E-state index is 0.127. The Labute approximate surface area is 111 Å². The van der Waals surface area contributed by atoms with Gasteiger partial charge in [0.2, 0.25) is 0 Å². The summed E-state index contributed by atoms with van der Waals surface area (Å²) in [5.74, 6) is 0.127. The SMILES string of the molecule is O=c1[nH]c2ccc(O)cc2n1-c1ccccc1Br. The quantitative estimate of drug-likeness (QED) is 0.726. The molecule has 3 rings (SSSR count). The molecule has 2 aromatic carbocycles. The maximum Gasteiger partial charge on any atom is 0.331 e. The van der Waals surface area contributed by atoms with Crippen LogP contribution in [-0.2, 0) is 0 Å². The van der Waals surface area contributed by atoms with Crippen LogP contribution >= 0.6 is 15.9 Å². The third kappa shape index (κ3) is 1.64. The van der Waals surface area contributed by atoms with Crippen LogP contribution in [0.25, 0.3) is 16.7 Å². The summed E-state index contributed by atoms with van der Waals surface area (Å²) in [5.41, 5.74) is 1.84. The van der Waals surface area contributed by atoms with Crippen LogP contribution in [0.15, 0.2) is 51.7 Å². The molecule has 3 aromatic rings. The summed E-state index contributed by atoms with van der Waals surface area (Å²) < 4.78 is 2.34. The first-order chi connectivity index (χ1) is 8.66. The summed E-state index contributed by atoms with van der Waals surface area (Å²) in [4.78, 5) is 14.8. The van der Waals surface area contributed by atoms with Gasteiger partial charge in [-0.05, 0) is 40.2 Å². The summed E-state index contributed by atoms with van der Waals surface area (Å²) in [6, 6.07) is 12.2. The molecule has 0 aliphatic heterocycles. The number of H-pyrrole nitrogens is 1. The molecule has 5 heteroatoms. The van der Waals surface area contributed by atoms with Gasteiger partial charge in [-0.25, -0.2) is 4.79 Å². The molecule has 4 nitrogen and oxygen atoms in total. The van der Waals surface area contributed by atoms with Crippen molar-refractivity contribution in [2.24, 2.45) is 0 Å². The second kappa shape index (κ2) is 4.03. The lowest BCUT2D eigenvalue weighted by atomic mass is 10.2. The molecule has 1 aromatic heterocycles. The van der Waals surface area contributed by atoms with Crippen molar-refractivity contribution < 1.29 is 5.11 Å². The van der Waals surface area contributed by atoms with Crippen molar-refractivity contribution in [3.05, 3.63) is 57.4 Å². The summed E-state index contributed by atoms with van der Waals surface area (Å²) in [6.45, 7) is 0. The average molecular weight is 305 g/mol. The van der Waals surface area contributed by atoms with E-state index in [1.165, 1.54) is 4.57 Å². The zero-order valence-electron chi connectivity index (χ0n) is 9.22. The Hall–Kier alpha value is -2.01. The topological polar surface area (TPSA) is 58.0 Å². The van der Waals surface area contributed by atoms with Gasteiger partial charge in [0.1, 0.15) is 5.75 Å². The molecular formula is C13H9BrN2O2. The fourth-order valence-electron chi connectivity index (χ4n) is 1.96. The van der Waals surface area contributed by atoms with E-state index in [0.717, 1.165) is 10.2 Å². The molecule has 0 saturated heterocycles. The van der Waals surface area contributed by atoms with Crippen LogP contribution in [-0.4, -0.2) is 14.7 Å². The number of phenols is 1. The molecule has 0 spiro atoms. The first-order valence-corrected chi connectivity index (χ1v) is 6.15. The number of nitrogens with zero attached hydrogens (tertiary/aromatic N) is 1. The number of hydrogen-bond donors (Lipinski definition) is 2. The predicted octanol–water partition coefficient (Wildman–Crippen LogP) is 2.79. The van der Waals surface area contributed by atoms with E-state index in [2.05, 4.69) is 20.9 Å². The Morgan fingerprint density at radius 1 is 1.17 bits per heavy atom. The molecule has 0 atom stereocenters. The highest BCUT2D eigenvalue weighted by Gasteiger charge is 2.11. The van der Waals surface area contributed by atoms with Crippen LogP contribution in [0.2, 0.25) is 0 Å². The van der Waals surface area contributed by atoms with Crippen molar-refractivity contribution in [1.29, 1.82) is 0 Å². The Balaban J connectivity index is 2.42. The monoisotopic (exact) mass is 304 g/mol. The second-order valence-corrected chi connectivity index (χ2v) is 4.77.